The summed E-state index contributed by atoms with van der Waals surface area (Å²) in [5, 5.41) is 10.4. The molecule has 8 nitrogen and oxygen atoms in total. The lowest BCUT2D eigenvalue weighted by Crippen LogP contribution is -2.41. The summed E-state index contributed by atoms with van der Waals surface area (Å²) in [7, 11) is 5.21. The van der Waals surface area contributed by atoms with Crippen molar-refractivity contribution in [1.29, 1.82) is 0 Å². The van der Waals surface area contributed by atoms with Crippen molar-refractivity contribution in [3.63, 3.8) is 0 Å². The number of benzene rings is 1. The predicted octanol–water partition coefficient (Wildman–Crippen LogP) is 0.956. The van der Waals surface area contributed by atoms with Crippen LogP contribution >= 0.6 is 0 Å². The number of nitrogens with one attached hydrogen (secondary N) is 2. The summed E-state index contributed by atoms with van der Waals surface area (Å²) in [4.78, 5) is 8.34. The maximum Gasteiger partial charge on any atom is 0.191 e. The fourth-order valence-electron chi connectivity index (χ4n) is 2.05. The van der Waals surface area contributed by atoms with Gasteiger partial charge in [-0.15, -0.1) is 0 Å². The Morgan fingerprint density at radius 3 is 2.79 bits per heavy atom. The number of methoxy groups -OCH3 is 1. The summed E-state index contributed by atoms with van der Waals surface area (Å²) in [6, 6.07) is 7.54. The molecule has 8 heteroatoms. The monoisotopic (exact) mass is 332 g/mol. The van der Waals surface area contributed by atoms with E-state index in [4.69, 9.17) is 9.47 Å². The first kappa shape index (κ1) is 17.6. The van der Waals surface area contributed by atoms with Gasteiger partial charge in [0.25, 0.3) is 0 Å². The molecule has 0 saturated heterocycles. The van der Waals surface area contributed by atoms with Crippen molar-refractivity contribution >= 4 is 5.96 Å². The zero-order valence-corrected chi connectivity index (χ0v) is 14.5. The summed E-state index contributed by atoms with van der Waals surface area (Å²) < 4.78 is 12.8. The molecule has 0 saturated carbocycles. The van der Waals surface area contributed by atoms with Gasteiger partial charge in [0.1, 0.15) is 29.8 Å². The zero-order valence-electron chi connectivity index (χ0n) is 14.5. The predicted molar refractivity (Wildman–Crippen MR) is 92.3 cm³/mol. The molecule has 1 unspecified atom stereocenters. The lowest BCUT2D eigenvalue weighted by atomic mass is 10.3. The van der Waals surface area contributed by atoms with Crippen LogP contribution in [0.5, 0.6) is 11.5 Å². The average Bonchev–Trinajstić information content (AvgIpc) is 3.00. The van der Waals surface area contributed by atoms with E-state index < -0.39 is 0 Å². The van der Waals surface area contributed by atoms with Crippen LogP contribution in [0, 0.1) is 0 Å². The highest BCUT2D eigenvalue weighted by molar-refractivity contribution is 5.79. The normalized spacial score (nSPS) is 12.6. The van der Waals surface area contributed by atoms with Crippen LogP contribution in [0.2, 0.25) is 0 Å². The molecule has 1 atom stereocenters. The average molecular weight is 332 g/mol. The SMILES string of the molecule is CN=C(NCc1ncnn1C)NCC(C)Oc1cccc(OC)c1. The maximum absolute atomic E-state index is 5.87. The van der Waals surface area contributed by atoms with E-state index >= 15 is 0 Å². The van der Waals surface area contributed by atoms with Crippen molar-refractivity contribution in [2.45, 2.75) is 19.6 Å². The molecule has 130 valence electrons. The van der Waals surface area contributed by atoms with E-state index in [1.165, 1.54) is 6.33 Å². The second-order valence-corrected chi connectivity index (χ2v) is 5.21. The number of rotatable bonds is 7. The molecular weight excluding hydrogens is 308 g/mol. The molecule has 0 aliphatic heterocycles. The van der Waals surface area contributed by atoms with Crippen LogP contribution in [0.4, 0.5) is 0 Å². The van der Waals surface area contributed by atoms with Crippen molar-refractivity contribution in [2.24, 2.45) is 12.0 Å². The summed E-state index contributed by atoms with van der Waals surface area (Å²) >= 11 is 0. The Morgan fingerprint density at radius 1 is 1.33 bits per heavy atom. The highest BCUT2D eigenvalue weighted by Gasteiger charge is 2.07. The first-order chi connectivity index (χ1) is 11.6. The van der Waals surface area contributed by atoms with Gasteiger partial charge in [-0.3, -0.25) is 9.67 Å². The van der Waals surface area contributed by atoms with Crippen LogP contribution in [0.15, 0.2) is 35.6 Å². The van der Waals surface area contributed by atoms with Crippen LogP contribution in [0.1, 0.15) is 12.7 Å². The second kappa shape index (κ2) is 8.76. The minimum absolute atomic E-state index is 0.0366. The number of aromatic nitrogens is 3. The van der Waals surface area contributed by atoms with Crippen molar-refractivity contribution < 1.29 is 9.47 Å². The topological polar surface area (TPSA) is 85.6 Å². The Labute approximate surface area is 141 Å². The molecule has 0 aliphatic rings. The van der Waals surface area contributed by atoms with Gasteiger partial charge in [-0.1, -0.05) is 6.07 Å². The quantitative estimate of drug-likeness (QED) is 0.580. The molecule has 0 amide bonds. The standard InChI is InChI=1S/C16H24N6O2/c1-12(24-14-7-5-6-13(8-14)23-4)9-18-16(17-2)19-10-15-20-11-21-22(15)3/h5-8,11-12H,9-10H2,1-4H3,(H2,17,18,19). The molecule has 2 aromatic rings. The van der Waals surface area contributed by atoms with Gasteiger partial charge in [-0.25, -0.2) is 4.98 Å². The fraction of sp³-hybridized carbons (Fsp3) is 0.438. The Hall–Kier alpha value is -2.77. The van der Waals surface area contributed by atoms with Gasteiger partial charge < -0.3 is 20.1 Å². The van der Waals surface area contributed by atoms with Crippen molar-refractivity contribution in [1.82, 2.24) is 25.4 Å². The van der Waals surface area contributed by atoms with E-state index in [-0.39, 0.29) is 6.10 Å². The number of hydrogen-bond donors (Lipinski definition) is 2. The van der Waals surface area contributed by atoms with Crippen LogP contribution < -0.4 is 20.1 Å². The summed E-state index contributed by atoms with van der Waals surface area (Å²) in [6.07, 6.45) is 1.49. The smallest absolute Gasteiger partial charge is 0.191 e. The Morgan fingerprint density at radius 2 is 2.12 bits per heavy atom. The highest BCUT2D eigenvalue weighted by Crippen LogP contribution is 2.19. The van der Waals surface area contributed by atoms with Crippen LogP contribution in [-0.2, 0) is 13.6 Å². The van der Waals surface area contributed by atoms with E-state index in [0.717, 1.165) is 17.3 Å². The summed E-state index contributed by atoms with van der Waals surface area (Å²) in [5.74, 6) is 3.05. The molecule has 0 bridgehead atoms. The molecule has 2 rings (SSSR count). The van der Waals surface area contributed by atoms with Crippen molar-refractivity contribution in [2.75, 3.05) is 20.7 Å². The first-order valence-corrected chi connectivity index (χ1v) is 7.70. The van der Waals surface area contributed by atoms with Gasteiger partial charge in [-0.05, 0) is 19.1 Å². The van der Waals surface area contributed by atoms with E-state index in [1.54, 1.807) is 18.8 Å². The van der Waals surface area contributed by atoms with Crippen LogP contribution in [0.25, 0.3) is 0 Å². The highest BCUT2D eigenvalue weighted by atomic mass is 16.5. The molecule has 2 N–H and O–H groups in total. The Balaban J connectivity index is 1.78. The van der Waals surface area contributed by atoms with E-state index in [2.05, 4.69) is 25.7 Å². The second-order valence-electron chi connectivity index (χ2n) is 5.21. The zero-order chi connectivity index (χ0) is 17.4. The van der Waals surface area contributed by atoms with Crippen molar-refractivity contribution in [3.8, 4) is 11.5 Å². The number of nitrogens with zero attached hydrogens (tertiary/aromatic N) is 4. The van der Waals surface area contributed by atoms with Gasteiger partial charge in [0.05, 0.1) is 20.2 Å². The molecule has 0 spiro atoms. The third kappa shape index (κ3) is 5.15. The molecule has 1 aromatic carbocycles. The van der Waals surface area contributed by atoms with E-state index in [9.17, 15) is 0 Å². The Kier molecular flexibility index (Phi) is 6.41. The fourth-order valence-corrected chi connectivity index (χ4v) is 2.05. The molecule has 1 heterocycles. The minimum atomic E-state index is -0.0366. The van der Waals surface area contributed by atoms with E-state index in [0.29, 0.717) is 19.0 Å². The molecule has 0 radical (unpaired) electrons. The number of hydrogen-bond acceptors (Lipinski definition) is 5. The third-order valence-corrected chi connectivity index (χ3v) is 3.38. The summed E-state index contributed by atoms with van der Waals surface area (Å²) in [5.41, 5.74) is 0. The van der Waals surface area contributed by atoms with Gasteiger partial charge >= 0.3 is 0 Å². The van der Waals surface area contributed by atoms with Crippen LogP contribution in [0.3, 0.4) is 0 Å². The van der Waals surface area contributed by atoms with Gasteiger partial charge in [-0.2, -0.15) is 5.10 Å². The number of aryl methyl sites for hydroxylation is 1. The van der Waals surface area contributed by atoms with Gasteiger partial charge in [0, 0.05) is 20.2 Å². The number of ether oxygens (including phenoxy) is 2. The first-order valence-electron chi connectivity index (χ1n) is 7.70. The van der Waals surface area contributed by atoms with Crippen LogP contribution in [-0.4, -0.2) is 47.5 Å². The third-order valence-electron chi connectivity index (χ3n) is 3.38. The molecule has 24 heavy (non-hydrogen) atoms. The minimum Gasteiger partial charge on any atom is -0.497 e. The molecule has 1 aromatic heterocycles. The maximum atomic E-state index is 5.87. The number of aliphatic imine (C=N–C) groups is 1. The Bertz CT molecular complexity index is 670. The molecule has 0 fully saturated rings. The lowest BCUT2D eigenvalue weighted by molar-refractivity contribution is 0.223. The summed E-state index contributed by atoms with van der Waals surface area (Å²) in [6.45, 7) is 3.14. The number of guanidine groups is 1. The van der Waals surface area contributed by atoms with Crippen molar-refractivity contribution in [3.05, 3.63) is 36.4 Å². The molecular formula is C16H24N6O2. The van der Waals surface area contributed by atoms with Gasteiger partial charge in [0.15, 0.2) is 5.96 Å². The van der Waals surface area contributed by atoms with Gasteiger partial charge in [0.2, 0.25) is 0 Å². The lowest BCUT2D eigenvalue weighted by Gasteiger charge is -2.18. The van der Waals surface area contributed by atoms with E-state index in [1.807, 2.05) is 38.2 Å². The largest absolute Gasteiger partial charge is 0.497 e. The molecule has 0 aliphatic carbocycles.